The summed E-state index contributed by atoms with van der Waals surface area (Å²) < 4.78 is 2.27. The maximum absolute atomic E-state index is 2.27. The van der Waals surface area contributed by atoms with Gasteiger partial charge in [0.05, 0.1) is 5.52 Å². The quantitative estimate of drug-likeness (QED) is 0.468. The third kappa shape index (κ3) is 2.66. The van der Waals surface area contributed by atoms with Crippen LogP contribution in [0.5, 0.6) is 0 Å². The van der Waals surface area contributed by atoms with Crippen LogP contribution >= 0.6 is 0 Å². The number of nitrogens with zero attached hydrogens (tertiary/aromatic N) is 1. The Morgan fingerprint density at radius 1 is 0.696 bits per heavy atom. The minimum atomic E-state index is 0.979. The van der Waals surface area contributed by atoms with Crippen LogP contribution in [0.2, 0.25) is 0 Å². The van der Waals surface area contributed by atoms with Crippen molar-refractivity contribution in [2.24, 2.45) is 0 Å². The van der Waals surface area contributed by atoms with Gasteiger partial charge in [0.25, 0.3) is 0 Å². The molecule has 0 fully saturated rings. The summed E-state index contributed by atoms with van der Waals surface area (Å²) in [5.41, 5.74) is 6.48. The molecule has 0 radical (unpaired) electrons. The van der Waals surface area contributed by atoms with Gasteiger partial charge in [-0.1, -0.05) is 60.7 Å². The largest absolute Gasteiger partial charge is 0.316 e. The van der Waals surface area contributed by atoms with Gasteiger partial charge in [-0.05, 0) is 48.2 Å². The Bertz CT molecular complexity index is 931. The third-order valence-corrected chi connectivity index (χ3v) is 4.38. The Hall–Kier alpha value is -2.80. The van der Waals surface area contributed by atoms with Crippen molar-refractivity contribution in [3.05, 3.63) is 102 Å². The normalized spacial score (nSPS) is 11.0. The van der Waals surface area contributed by atoms with Gasteiger partial charge >= 0.3 is 0 Å². The molecule has 0 aliphatic rings. The van der Waals surface area contributed by atoms with Gasteiger partial charge in [0.2, 0.25) is 0 Å². The predicted octanol–water partition coefficient (Wildman–Crippen LogP) is 5.53. The van der Waals surface area contributed by atoms with Crippen LogP contribution in [-0.2, 0) is 6.42 Å². The number of benzene rings is 3. The first kappa shape index (κ1) is 13.8. The molecule has 112 valence electrons. The third-order valence-electron chi connectivity index (χ3n) is 4.38. The summed E-state index contributed by atoms with van der Waals surface area (Å²) in [5.74, 6) is 0. The molecule has 0 aliphatic heterocycles. The van der Waals surface area contributed by atoms with E-state index in [4.69, 9.17) is 0 Å². The van der Waals surface area contributed by atoms with E-state index in [-0.39, 0.29) is 0 Å². The molecule has 0 bridgehead atoms. The number of rotatable bonds is 3. The number of hydrogen-bond donors (Lipinski definition) is 0. The van der Waals surface area contributed by atoms with E-state index in [0.717, 1.165) is 6.42 Å². The van der Waals surface area contributed by atoms with Gasteiger partial charge in [-0.25, -0.2) is 0 Å². The monoisotopic (exact) mass is 297 g/mol. The Kier molecular flexibility index (Phi) is 3.47. The topological polar surface area (TPSA) is 4.93 Å². The van der Waals surface area contributed by atoms with Gasteiger partial charge in [-0.15, -0.1) is 0 Å². The maximum Gasteiger partial charge on any atom is 0.0531 e. The Morgan fingerprint density at radius 2 is 1.35 bits per heavy atom. The summed E-state index contributed by atoms with van der Waals surface area (Å²) >= 11 is 0. The highest BCUT2D eigenvalue weighted by Crippen LogP contribution is 2.24. The van der Waals surface area contributed by atoms with Gasteiger partial charge in [-0.3, -0.25) is 0 Å². The lowest BCUT2D eigenvalue weighted by atomic mass is 10.0. The summed E-state index contributed by atoms with van der Waals surface area (Å²) in [6, 6.07) is 28.1. The van der Waals surface area contributed by atoms with E-state index in [1.54, 1.807) is 0 Å². The molecule has 4 rings (SSSR count). The molecule has 0 N–H and O–H groups in total. The van der Waals surface area contributed by atoms with Crippen LogP contribution < -0.4 is 0 Å². The maximum atomic E-state index is 2.27. The minimum absolute atomic E-state index is 0.979. The molecule has 0 spiro atoms. The fraction of sp³-hybridized carbons (Fsp3) is 0.0909. The van der Waals surface area contributed by atoms with Crippen molar-refractivity contribution in [3.63, 3.8) is 0 Å². The van der Waals surface area contributed by atoms with Crippen molar-refractivity contribution < 1.29 is 0 Å². The number of para-hydroxylation sites is 1. The van der Waals surface area contributed by atoms with Gasteiger partial charge in [0.1, 0.15) is 0 Å². The van der Waals surface area contributed by atoms with Crippen LogP contribution in [0, 0.1) is 6.92 Å². The van der Waals surface area contributed by atoms with Crippen molar-refractivity contribution in [3.8, 4) is 5.69 Å². The molecule has 1 heteroatoms. The molecule has 0 atom stereocenters. The van der Waals surface area contributed by atoms with E-state index in [1.165, 1.54) is 33.3 Å². The summed E-state index contributed by atoms with van der Waals surface area (Å²) in [4.78, 5) is 0. The van der Waals surface area contributed by atoms with Gasteiger partial charge in [-0.2, -0.15) is 0 Å². The molecule has 1 aromatic heterocycles. The summed E-state index contributed by atoms with van der Waals surface area (Å²) in [6.45, 7) is 2.17. The van der Waals surface area contributed by atoms with Crippen LogP contribution in [0.15, 0.2) is 85.1 Å². The molecule has 0 saturated carbocycles. The standard InChI is InChI=1S/C22H19N/c1-17-16-23(22-10-6-5-9-21(17)22)20-13-11-19(12-14-20)15-18-7-3-2-4-8-18/h2-14,16H,15H2,1H3. The zero-order valence-corrected chi connectivity index (χ0v) is 13.2. The SMILES string of the molecule is Cc1cn(-c2ccc(Cc3ccccc3)cc2)c2ccccc12. The molecule has 0 amide bonds. The first-order valence-electron chi connectivity index (χ1n) is 8.01. The van der Waals surface area contributed by atoms with Crippen molar-refractivity contribution in [1.29, 1.82) is 0 Å². The Labute approximate surface area is 136 Å². The molecule has 23 heavy (non-hydrogen) atoms. The molecular formula is C22H19N. The first-order chi connectivity index (χ1) is 11.3. The highest BCUT2D eigenvalue weighted by Gasteiger charge is 2.06. The zero-order valence-electron chi connectivity index (χ0n) is 13.2. The first-order valence-corrected chi connectivity index (χ1v) is 8.01. The van der Waals surface area contributed by atoms with E-state index in [2.05, 4.69) is 96.6 Å². The van der Waals surface area contributed by atoms with Crippen LogP contribution in [0.25, 0.3) is 16.6 Å². The second kappa shape index (κ2) is 5.77. The molecule has 4 aromatic rings. The molecule has 1 heterocycles. The molecule has 3 aromatic carbocycles. The number of fused-ring (bicyclic) bond motifs is 1. The second-order valence-corrected chi connectivity index (χ2v) is 6.03. The number of aromatic nitrogens is 1. The van der Waals surface area contributed by atoms with Crippen molar-refractivity contribution in [2.75, 3.05) is 0 Å². The van der Waals surface area contributed by atoms with Crippen LogP contribution in [-0.4, -0.2) is 4.57 Å². The summed E-state index contributed by atoms with van der Waals surface area (Å²) in [5, 5.41) is 1.32. The molecule has 0 unspecified atom stereocenters. The van der Waals surface area contributed by atoms with Crippen LogP contribution in [0.1, 0.15) is 16.7 Å². The second-order valence-electron chi connectivity index (χ2n) is 6.03. The average Bonchev–Trinajstić information content (AvgIpc) is 2.94. The smallest absolute Gasteiger partial charge is 0.0531 e. The lowest BCUT2D eigenvalue weighted by Gasteiger charge is -2.07. The Morgan fingerprint density at radius 3 is 2.13 bits per heavy atom. The predicted molar refractivity (Wildman–Crippen MR) is 97.3 cm³/mol. The zero-order chi connectivity index (χ0) is 15.6. The highest BCUT2D eigenvalue weighted by atomic mass is 15.0. The van der Waals surface area contributed by atoms with E-state index >= 15 is 0 Å². The lowest BCUT2D eigenvalue weighted by Crippen LogP contribution is -1.93. The van der Waals surface area contributed by atoms with Crippen molar-refractivity contribution in [2.45, 2.75) is 13.3 Å². The molecular weight excluding hydrogens is 278 g/mol. The number of aryl methyl sites for hydroxylation is 1. The van der Waals surface area contributed by atoms with Gasteiger partial charge in [0.15, 0.2) is 0 Å². The molecule has 0 aliphatic carbocycles. The van der Waals surface area contributed by atoms with Crippen LogP contribution in [0.3, 0.4) is 0 Å². The summed E-state index contributed by atoms with van der Waals surface area (Å²) in [6.07, 6.45) is 3.20. The lowest BCUT2D eigenvalue weighted by molar-refractivity contribution is 1.10. The summed E-state index contributed by atoms with van der Waals surface area (Å²) in [7, 11) is 0. The Balaban J connectivity index is 1.67. The molecule has 1 nitrogen and oxygen atoms in total. The van der Waals surface area contributed by atoms with Gasteiger partial charge in [0, 0.05) is 17.3 Å². The van der Waals surface area contributed by atoms with Crippen molar-refractivity contribution >= 4 is 10.9 Å². The average molecular weight is 297 g/mol. The van der Waals surface area contributed by atoms with Crippen molar-refractivity contribution in [1.82, 2.24) is 4.57 Å². The van der Waals surface area contributed by atoms with Gasteiger partial charge < -0.3 is 4.57 Å². The number of hydrogen-bond acceptors (Lipinski definition) is 0. The minimum Gasteiger partial charge on any atom is -0.316 e. The van der Waals surface area contributed by atoms with E-state index in [9.17, 15) is 0 Å². The van der Waals surface area contributed by atoms with E-state index < -0.39 is 0 Å². The highest BCUT2D eigenvalue weighted by molar-refractivity contribution is 5.85. The van der Waals surface area contributed by atoms with E-state index in [0.29, 0.717) is 0 Å². The van der Waals surface area contributed by atoms with E-state index in [1.807, 2.05) is 0 Å². The molecule has 0 saturated heterocycles. The fourth-order valence-electron chi connectivity index (χ4n) is 3.17. The fourth-order valence-corrected chi connectivity index (χ4v) is 3.17. The van der Waals surface area contributed by atoms with Crippen LogP contribution in [0.4, 0.5) is 0 Å².